The molecule has 1 aliphatic heterocycles. The second-order valence-corrected chi connectivity index (χ2v) is 6.60. The molecule has 1 aromatic carbocycles. The Morgan fingerprint density at radius 2 is 2.05 bits per heavy atom. The SMILES string of the molecule is Cc1cccc(C)c1NC(=O)CN1CC(C)OC2(CC2)C1. The third-order valence-corrected chi connectivity index (χ3v) is 4.40. The fourth-order valence-corrected chi connectivity index (χ4v) is 3.27. The molecule has 2 aliphatic rings. The van der Waals surface area contributed by atoms with Crippen LogP contribution in [-0.4, -0.2) is 42.1 Å². The fourth-order valence-electron chi connectivity index (χ4n) is 3.27. The van der Waals surface area contributed by atoms with E-state index in [-0.39, 0.29) is 17.6 Å². The standard InChI is InChI=1S/C17H24N2O2/c1-12-5-4-6-13(2)16(12)18-15(20)10-19-9-14(3)21-17(11-19)7-8-17/h4-6,14H,7-11H2,1-3H3,(H,18,20). The van der Waals surface area contributed by atoms with Gasteiger partial charge in [0.1, 0.15) is 0 Å². The molecule has 2 fully saturated rings. The van der Waals surface area contributed by atoms with Gasteiger partial charge in [0.15, 0.2) is 0 Å². The summed E-state index contributed by atoms with van der Waals surface area (Å²) in [5.74, 6) is 0.0669. The van der Waals surface area contributed by atoms with Crippen LogP contribution in [0.5, 0.6) is 0 Å². The van der Waals surface area contributed by atoms with Crippen LogP contribution in [0.3, 0.4) is 0 Å². The number of nitrogens with one attached hydrogen (secondary N) is 1. The van der Waals surface area contributed by atoms with Crippen molar-refractivity contribution in [1.29, 1.82) is 0 Å². The van der Waals surface area contributed by atoms with Crippen LogP contribution in [0.1, 0.15) is 30.9 Å². The van der Waals surface area contributed by atoms with Crippen molar-refractivity contribution in [2.45, 2.75) is 45.3 Å². The molecule has 3 rings (SSSR count). The number of rotatable bonds is 3. The van der Waals surface area contributed by atoms with Crippen molar-refractivity contribution < 1.29 is 9.53 Å². The van der Waals surface area contributed by atoms with Gasteiger partial charge in [0, 0.05) is 18.8 Å². The number of carbonyl (C=O) groups excluding carboxylic acids is 1. The van der Waals surface area contributed by atoms with Gasteiger partial charge < -0.3 is 10.1 Å². The molecule has 0 aromatic heterocycles. The molecule has 1 N–H and O–H groups in total. The summed E-state index contributed by atoms with van der Waals surface area (Å²) in [6, 6.07) is 6.07. The van der Waals surface area contributed by atoms with E-state index in [0.717, 1.165) is 42.7 Å². The molecule has 4 heteroatoms. The van der Waals surface area contributed by atoms with Crippen LogP contribution in [0, 0.1) is 13.8 Å². The number of anilines is 1. The van der Waals surface area contributed by atoms with Gasteiger partial charge in [-0.15, -0.1) is 0 Å². The molecule has 1 saturated heterocycles. The maximum Gasteiger partial charge on any atom is 0.238 e. The molecule has 1 aliphatic carbocycles. The van der Waals surface area contributed by atoms with E-state index in [9.17, 15) is 4.79 Å². The van der Waals surface area contributed by atoms with Crippen LogP contribution < -0.4 is 5.32 Å². The molecule has 1 spiro atoms. The number of hydrogen-bond donors (Lipinski definition) is 1. The van der Waals surface area contributed by atoms with Crippen molar-refractivity contribution >= 4 is 11.6 Å². The number of hydrogen-bond acceptors (Lipinski definition) is 3. The molecule has 21 heavy (non-hydrogen) atoms. The highest BCUT2D eigenvalue weighted by Crippen LogP contribution is 2.43. The second-order valence-electron chi connectivity index (χ2n) is 6.60. The van der Waals surface area contributed by atoms with Crippen molar-refractivity contribution in [3.05, 3.63) is 29.3 Å². The minimum absolute atomic E-state index is 0.0521. The highest BCUT2D eigenvalue weighted by atomic mass is 16.5. The lowest BCUT2D eigenvalue weighted by molar-refractivity contribution is -0.124. The number of ether oxygens (including phenoxy) is 1. The molecule has 1 amide bonds. The van der Waals surface area contributed by atoms with Gasteiger partial charge in [-0.05, 0) is 44.7 Å². The molecule has 1 unspecified atom stereocenters. The molecule has 1 aromatic rings. The molecule has 4 nitrogen and oxygen atoms in total. The second kappa shape index (κ2) is 5.43. The number of morpholine rings is 1. The average Bonchev–Trinajstić information content (AvgIpc) is 3.11. The van der Waals surface area contributed by atoms with Gasteiger partial charge in [-0.1, -0.05) is 18.2 Å². The maximum atomic E-state index is 12.3. The Bertz CT molecular complexity index is 531. The number of benzene rings is 1. The third-order valence-electron chi connectivity index (χ3n) is 4.40. The molecule has 114 valence electrons. The zero-order valence-corrected chi connectivity index (χ0v) is 13.1. The summed E-state index contributed by atoms with van der Waals surface area (Å²) in [6.45, 7) is 8.31. The van der Waals surface area contributed by atoms with E-state index in [2.05, 4.69) is 17.1 Å². The smallest absolute Gasteiger partial charge is 0.238 e. The zero-order chi connectivity index (χ0) is 15.0. The van der Waals surface area contributed by atoms with Crippen LogP contribution in [0.25, 0.3) is 0 Å². The van der Waals surface area contributed by atoms with Gasteiger partial charge in [0.25, 0.3) is 0 Å². The highest BCUT2D eigenvalue weighted by molar-refractivity contribution is 5.93. The summed E-state index contributed by atoms with van der Waals surface area (Å²) in [5, 5.41) is 3.07. The van der Waals surface area contributed by atoms with E-state index in [1.54, 1.807) is 0 Å². The first-order valence-electron chi connectivity index (χ1n) is 7.74. The number of amides is 1. The van der Waals surface area contributed by atoms with E-state index in [1.807, 2.05) is 32.0 Å². The van der Waals surface area contributed by atoms with Crippen LogP contribution in [0.15, 0.2) is 18.2 Å². The highest BCUT2D eigenvalue weighted by Gasteiger charge is 2.49. The van der Waals surface area contributed by atoms with Crippen molar-refractivity contribution in [3.8, 4) is 0 Å². The van der Waals surface area contributed by atoms with Gasteiger partial charge in [-0.25, -0.2) is 0 Å². The Morgan fingerprint density at radius 1 is 1.38 bits per heavy atom. The number of para-hydroxylation sites is 1. The van der Waals surface area contributed by atoms with Crippen molar-refractivity contribution in [3.63, 3.8) is 0 Å². The first kappa shape index (κ1) is 14.5. The predicted octanol–water partition coefficient (Wildman–Crippen LogP) is 2.50. The Hall–Kier alpha value is -1.39. The van der Waals surface area contributed by atoms with Crippen molar-refractivity contribution in [2.75, 3.05) is 25.0 Å². The molecular formula is C17H24N2O2. The lowest BCUT2D eigenvalue weighted by Crippen LogP contribution is -2.50. The lowest BCUT2D eigenvalue weighted by Gasteiger charge is -2.36. The summed E-state index contributed by atoms with van der Waals surface area (Å²) < 4.78 is 5.98. The van der Waals surface area contributed by atoms with E-state index >= 15 is 0 Å². The van der Waals surface area contributed by atoms with Gasteiger partial charge in [0.2, 0.25) is 5.91 Å². The molecule has 0 bridgehead atoms. The van der Waals surface area contributed by atoms with E-state index in [1.165, 1.54) is 0 Å². The Kier molecular flexibility index (Phi) is 3.76. The first-order chi connectivity index (χ1) is 9.97. The molecule has 1 saturated carbocycles. The summed E-state index contributed by atoms with van der Waals surface area (Å²) in [4.78, 5) is 14.6. The predicted molar refractivity (Wildman–Crippen MR) is 83.5 cm³/mol. The Labute approximate surface area is 126 Å². The Balaban J connectivity index is 1.61. The topological polar surface area (TPSA) is 41.6 Å². The summed E-state index contributed by atoms with van der Waals surface area (Å²) >= 11 is 0. The van der Waals surface area contributed by atoms with Gasteiger partial charge in [-0.3, -0.25) is 9.69 Å². The van der Waals surface area contributed by atoms with E-state index in [0.29, 0.717) is 6.54 Å². The minimum Gasteiger partial charge on any atom is -0.369 e. The van der Waals surface area contributed by atoms with Crippen LogP contribution in [-0.2, 0) is 9.53 Å². The minimum atomic E-state index is 0.0521. The Morgan fingerprint density at radius 3 is 2.67 bits per heavy atom. The average molecular weight is 288 g/mol. The number of carbonyl (C=O) groups is 1. The number of nitrogens with zero attached hydrogens (tertiary/aromatic N) is 1. The molecular weight excluding hydrogens is 264 g/mol. The lowest BCUT2D eigenvalue weighted by atomic mass is 10.1. The molecule has 0 radical (unpaired) electrons. The fraction of sp³-hybridized carbons (Fsp3) is 0.588. The third kappa shape index (κ3) is 3.27. The van der Waals surface area contributed by atoms with Gasteiger partial charge >= 0.3 is 0 Å². The van der Waals surface area contributed by atoms with Crippen molar-refractivity contribution in [2.24, 2.45) is 0 Å². The van der Waals surface area contributed by atoms with Crippen molar-refractivity contribution in [1.82, 2.24) is 4.90 Å². The summed E-state index contributed by atoms with van der Waals surface area (Å²) in [6.07, 6.45) is 2.48. The van der Waals surface area contributed by atoms with Crippen LogP contribution in [0.2, 0.25) is 0 Å². The number of aryl methyl sites for hydroxylation is 2. The van der Waals surface area contributed by atoms with E-state index in [4.69, 9.17) is 4.74 Å². The largest absolute Gasteiger partial charge is 0.369 e. The monoisotopic (exact) mass is 288 g/mol. The zero-order valence-electron chi connectivity index (χ0n) is 13.1. The maximum absolute atomic E-state index is 12.3. The summed E-state index contributed by atoms with van der Waals surface area (Å²) in [5.41, 5.74) is 3.22. The van der Waals surface area contributed by atoms with Gasteiger partial charge in [0.05, 0.1) is 18.2 Å². The van der Waals surface area contributed by atoms with Crippen LogP contribution in [0.4, 0.5) is 5.69 Å². The molecule has 1 heterocycles. The first-order valence-corrected chi connectivity index (χ1v) is 7.74. The van der Waals surface area contributed by atoms with E-state index < -0.39 is 0 Å². The van der Waals surface area contributed by atoms with Crippen LogP contribution >= 0.6 is 0 Å². The van der Waals surface area contributed by atoms with Gasteiger partial charge in [-0.2, -0.15) is 0 Å². The quantitative estimate of drug-likeness (QED) is 0.929. The summed E-state index contributed by atoms with van der Waals surface area (Å²) in [7, 11) is 0. The molecule has 1 atom stereocenters. The normalized spacial score (nSPS) is 24.0.